The van der Waals surface area contributed by atoms with Gasteiger partial charge in [-0.3, -0.25) is 14.5 Å². The van der Waals surface area contributed by atoms with Crippen molar-refractivity contribution in [2.45, 2.75) is 25.7 Å². The Morgan fingerprint density at radius 1 is 1.23 bits per heavy atom. The highest BCUT2D eigenvalue weighted by Gasteiger charge is 2.31. The summed E-state index contributed by atoms with van der Waals surface area (Å²) in [6.07, 6.45) is 8.89. The van der Waals surface area contributed by atoms with E-state index in [1.807, 2.05) is 36.4 Å². The van der Waals surface area contributed by atoms with E-state index in [9.17, 15) is 9.59 Å². The fourth-order valence-corrected chi connectivity index (χ4v) is 3.71. The predicted octanol–water partition coefficient (Wildman–Crippen LogP) is 3.23. The summed E-state index contributed by atoms with van der Waals surface area (Å²) in [6.45, 7) is 1.86. The van der Waals surface area contributed by atoms with Crippen LogP contribution in [-0.4, -0.2) is 36.9 Å². The van der Waals surface area contributed by atoms with E-state index in [0.29, 0.717) is 24.1 Å². The van der Waals surface area contributed by atoms with Gasteiger partial charge >= 0.3 is 0 Å². The second-order valence-corrected chi connectivity index (χ2v) is 7.06. The van der Waals surface area contributed by atoms with Gasteiger partial charge in [0.1, 0.15) is 0 Å². The number of para-hydroxylation sites is 2. The molecule has 2 amide bonds. The Hall–Kier alpha value is -2.66. The zero-order chi connectivity index (χ0) is 18.1. The lowest BCUT2D eigenvalue weighted by molar-refractivity contribution is -0.117. The summed E-state index contributed by atoms with van der Waals surface area (Å²) in [5.41, 5.74) is 4.02. The fourth-order valence-electron chi connectivity index (χ4n) is 3.71. The third kappa shape index (κ3) is 3.10. The summed E-state index contributed by atoms with van der Waals surface area (Å²) in [7, 11) is 2.08. The number of hydrogen-bond acceptors (Lipinski definition) is 3. The number of fused-ring (bicyclic) bond motifs is 1. The molecule has 0 radical (unpaired) electrons. The van der Waals surface area contributed by atoms with E-state index in [0.717, 1.165) is 37.3 Å². The zero-order valence-electron chi connectivity index (χ0n) is 15.0. The van der Waals surface area contributed by atoms with Gasteiger partial charge in [0, 0.05) is 25.1 Å². The molecule has 3 aliphatic rings. The topological polar surface area (TPSA) is 52.7 Å². The summed E-state index contributed by atoms with van der Waals surface area (Å²) in [5, 5.41) is 2.97. The molecule has 0 aromatic heterocycles. The summed E-state index contributed by atoms with van der Waals surface area (Å²) < 4.78 is 0. The van der Waals surface area contributed by atoms with Crippen LogP contribution in [0.3, 0.4) is 0 Å². The third-order valence-corrected chi connectivity index (χ3v) is 5.19. The summed E-state index contributed by atoms with van der Waals surface area (Å²) >= 11 is 0. The number of anilines is 2. The Kier molecular flexibility index (Phi) is 4.47. The minimum Gasteiger partial charge on any atom is -0.320 e. The lowest BCUT2D eigenvalue weighted by Gasteiger charge is -2.28. The van der Waals surface area contributed by atoms with Crippen molar-refractivity contribution in [3.63, 3.8) is 0 Å². The minimum atomic E-state index is -0.106. The molecule has 1 N–H and O–H groups in total. The SMILES string of the molecule is CN1CC=C(CC(=O)N2C3=C(CCC=C3)C(=O)Nc3ccccc32)CC1. The van der Waals surface area contributed by atoms with Crippen LogP contribution in [0.4, 0.5) is 11.4 Å². The Balaban J connectivity index is 1.73. The number of rotatable bonds is 2. The largest absolute Gasteiger partial charge is 0.320 e. The van der Waals surface area contributed by atoms with E-state index in [1.165, 1.54) is 5.57 Å². The molecule has 0 saturated heterocycles. The number of hydrogen-bond donors (Lipinski definition) is 1. The molecule has 0 unspecified atom stereocenters. The maximum Gasteiger partial charge on any atom is 0.253 e. The van der Waals surface area contributed by atoms with Crippen LogP contribution in [0.5, 0.6) is 0 Å². The average molecular weight is 349 g/mol. The van der Waals surface area contributed by atoms with Crippen molar-refractivity contribution in [1.29, 1.82) is 0 Å². The first-order valence-electron chi connectivity index (χ1n) is 9.13. The van der Waals surface area contributed by atoms with Crippen LogP contribution in [0.2, 0.25) is 0 Å². The van der Waals surface area contributed by atoms with Crippen LogP contribution in [0, 0.1) is 0 Å². The molecule has 134 valence electrons. The highest BCUT2D eigenvalue weighted by molar-refractivity contribution is 6.13. The number of likely N-dealkylation sites (N-methyl/N-ethyl adjacent to an activating group) is 1. The van der Waals surface area contributed by atoms with Crippen molar-refractivity contribution in [1.82, 2.24) is 4.90 Å². The molecule has 4 rings (SSSR count). The van der Waals surface area contributed by atoms with Crippen molar-refractivity contribution < 1.29 is 9.59 Å². The number of nitrogens with one attached hydrogen (secondary N) is 1. The maximum absolute atomic E-state index is 13.3. The van der Waals surface area contributed by atoms with E-state index in [1.54, 1.807) is 4.90 Å². The predicted molar refractivity (Wildman–Crippen MR) is 103 cm³/mol. The Morgan fingerprint density at radius 2 is 2.08 bits per heavy atom. The summed E-state index contributed by atoms with van der Waals surface area (Å²) in [4.78, 5) is 29.9. The minimum absolute atomic E-state index is 0.0174. The van der Waals surface area contributed by atoms with Gasteiger partial charge in [-0.1, -0.05) is 29.9 Å². The lowest BCUT2D eigenvalue weighted by atomic mass is 9.99. The Bertz CT molecular complexity index is 851. The molecule has 2 heterocycles. The maximum atomic E-state index is 13.3. The van der Waals surface area contributed by atoms with Gasteiger partial charge in [0.2, 0.25) is 5.91 Å². The number of nitrogens with zero attached hydrogens (tertiary/aromatic N) is 2. The molecule has 0 spiro atoms. The number of carbonyl (C=O) groups is 2. The van der Waals surface area contributed by atoms with E-state index in [-0.39, 0.29) is 11.8 Å². The normalized spacial score (nSPS) is 20.1. The molecule has 5 nitrogen and oxygen atoms in total. The molecule has 1 aromatic carbocycles. The van der Waals surface area contributed by atoms with Crippen LogP contribution in [0.15, 0.2) is 59.3 Å². The average Bonchev–Trinajstić information content (AvgIpc) is 2.77. The molecule has 5 heteroatoms. The second-order valence-electron chi connectivity index (χ2n) is 7.06. The highest BCUT2D eigenvalue weighted by atomic mass is 16.2. The quantitative estimate of drug-likeness (QED) is 0.834. The number of amides is 2. The molecule has 1 aliphatic carbocycles. The molecule has 0 saturated carbocycles. The van der Waals surface area contributed by atoms with Gasteiger partial charge in [0.25, 0.3) is 5.91 Å². The van der Waals surface area contributed by atoms with E-state index in [4.69, 9.17) is 0 Å². The number of allylic oxidation sites excluding steroid dienone is 2. The van der Waals surface area contributed by atoms with Crippen molar-refractivity contribution in [2.75, 3.05) is 30.4 Å². The van der Waals surface area contributed by atoms with Crippen LogP contribution in [0.1, 0.15) is 25.7 Å². The summed E-state index contributed by atoms with van der Waals surface area (Å²) in [6, 6.07) is 7.53. The molecule has 2 aliphatic heterocycles. The first-order valence-corrected chi connectivity index (χ1v) is 9.13. The molecule has 0 fully saturated rings. The first-order chi connectivity index (χ1) is 12.6. The van der Waals surface area contributed by atoms with Crippen LogP contribution < -0.4 is 10.2 Å². The number of benzene rings is 1. The van der Waals surface area contributed by atoms with Crippen LogP contribution in [-0.2, 0) is 9.59 Å². The zero-order valence-corrected chi connectivity index (χ0v) is 15.0. The van der Waals surface area contributed by atoms with Gasteiger partial charge in [0.15, 0.2) is 0 Å². The lowest BCUT2D eigenvalue weighted by Crippen LogP contribution is -2.32. The van der Waals surface area contributed by atoms with E-state index >= 15 is 0 Å². The standard InChI is InChI=1S/C21H23N3O2/c1-23-12-10-15(11-13-23)14-20(25)24-18-8-4-2-6-16(18)21(26)22-17-7-3-5-9-19(17)24/h3-5,7-10H,2,6,11-14H2,1H3,(H,22,26). The monoisotopic (exact) mass is 349 g/mol. The first kappa shape index (κ1) is 16.8. The molecular weight excluding hydrogens is 326 g/mol. The fraction of sp³-hybridized carbons (Fsp3) is 0.333. The molecular formula is C21H23N3O2. The summed E-state index contributed by atoms with van der Waals surface area (Å²) in [5.74, 6) is -0.0885. The number of carbonyl (C=O) groups excluding carboxylic acids is 2. The van der Waals surface area contributed by atoms with E-state index in [2.05, 4.69) is 23.3 Å². The molecule has 1 aromatic rings. The van der Waals surface area contributed by atoms with Gasteiger partial charge in [-0.25, -0.2) is 0 Å². The van der Waals surface area contributed by atoms with Crippen LogP contribution in [0.25, 0.3) is 0 Å². The molecule has 0 bridgehead atoms. The second kappa shape index (κ2) is 6.92. The van der Waals surface area contributed by atoms with E-state index < -0.39 is 0 Å². The van der Waals surface area contributed by atoms with Crippen LogP contribution >= 0.6 is 0 Å². The van der Waals surface area contributed by atoms with Crippen molar-refractivity contribution in [2.24, 2.45) is 0 Å². The van der Waals surface area contributed by atoms with Gasteiger partial charge in [-0.05, 0) is 44.5 Å². The van der Waals surface area contributed by atoms with Gasteiger partial charge in [0.05, 0.1) is 17.1 Å². The van der Waals surface area contributed by atoms with Gasteiger partial charge < -0.3 is 10.2 Å². The highest BCUT2D eigenvalue weighted by Crippen LogP contribution is 2.37. The van der Waals surface area contributed by atoms with Gasteiger partial charge in [-0.2, -0.15) is 0 Å². The Morgan fingerprint density at radius 3 is 2.88 bits per heavy atom. The van der Waals surface area contributed by atoms with Crippen molar-refractivity contribution >= 4 is 23.2 Å². The van der Waals surface area contributed by atoms with Gasteiger partial charge in [-0.15, -0.1) is 0 Å². The molecule has 0 atom stereocenters. The third-order valence-electron chi connectivity index (χ3n) is 5.19. The smallest absolute Gasteiger partial charge is 0.253 e. The Labute approximate surface area is 153 Å². The molecule has 26 heavy (non-hydrogen) atoms. The van der Waals surface area contributed by atoms with Crippen molar-refractivity contribution in [3.8, 4) is 0 Å². The van der Waals surface area contributed by atoms with Crippen molar-refractivity contribution in [3.05, 3.63) is 59.3 Å².